The maximum Gasteiger partial charge on any atom is 0.223 e. The molecule has 4 heteroatoms. The molecule has 1 heterocycles. The molecule has 0 spiro atoms. The van der Waals surface area contributed by atoms with Gasteiger partial charge in [-0.15, -0.1) is 0 Å². The summed E-state index contributed by atoms with van der Waals surface area (Å²) in [5.41, 5.74) is 5.59. The highest BCUT2D eigenvalue weighted by Crippen LogP contribution is 2.44. The minimum Gasteiger partial charge on any atom is -0.340 e. The highest BCUT2D eigenvalue weighted by molar-refractivity contribution is 6.31. The molecule has 0 radical (unpaired) electrons. The molecule has 1 saturated heterocycles. The summed E-state index contributed by atoms with van der Waals surface area (Å²) >= 11 is 6.26. The Morgan fingerprint density at radius 2 is 1.91 bits per heavy atom. The number of hydrogen-bond acceptors (Lipinski definition) is 2. The summed E-state index contributed by atoms with van der Waals surface area (Å²) in [4.78, 5) is 18.1. The highest BCUT2D eigenvalue weighted by Gasteiger charge is 2.33. The van der Waals surface area contributed by atoms with E-state index in [2.05, 4.69) is 46.2 Å². The van der Waals surface area contributed by atoms with Crippen molar-refractivity contribution in [2.45, 2.75) is 51.0 Å². The van der Waals surface area contributed by atoms with Gasteiger partial charge < -0.3 is 4.90 Å². The summed E-state index contributed by atoms with van der Waals surface area (Å²) in [6.45, 7) is 3.88. The van der Waals surface area contributed by atoms with Crippen LogP contribution in [0, 0.1) is 5.92 Å². The fourth-order valence-corrected chi connectivity index (χ4v) is 6.38. The number of halogens is 1. The van der Waals surface area contributed by atoms with E-state index in [1.54, 1.807) is 0 Å². The van der Waals surface area contributed by atoms with E-state index < -0.39 is 0 Å². The molecule has 1 aliphatic heterocycles. The third-order valence-corrected chi connectivity index (χ3v) is 8.45. The molecule has 2 fully saturated rings. The van der Waals surface area contributed by atoms with E-state index in [9.17, 15) is 4.79 Å². The van der Waals surface area contributed by atoms with Gasteiger partial charge in [0.1, 0.15) is 0 Å². The summed E-state index contributed by atoms with van der Waals surface area (Å²) in [7, 11) is 0. The zero-order valence-corrected chi connectivity index (χ0v) is 19.4. The average molecular weight is 447 g/mol. The van der Waals surface area contributed by atoms with E-state index in [1.165, 1.54) is 52.3 Å². The summed E-state index contributed by atoms with van der Waals surface area (Å²) in [5, 5.41) is 3.25. The fraction of sp³-hybridized carbons (Fsp3) is 0.464. The van der Waals surface area contributed by atoms with Gasteiger partial charge in [-0.25, -0.2) is 0 Å². The van der Waals surface area contributed by atoms with Gasteiger partial charge in [-0.3, -0.25) is 9.69 Å². The lowest BCUT2D eigenvalue weighted by molar-refractivity contribution is -0.134. The fourth-order valence-electron chi connectivity index (χ4n) is 6.20. The van der Waals surface area contributed by atoms with E-state index >= 15 is 0 Å². The minimum absolute atomic E-state index is 0.306. The van der Waals surface area contributed by atoms with E-state index in [0.29, 0.717) is 18.2 Å². The van der Waals surface area contributed by atoms with Crippen molar-refractivity contribution >= 4 is 33.9 Å². The third kappa shape index (κ3) is 3.60. The van der Waals surface area contributed by atoms with Crippen molar-refractivity contribution in [1.29, 1.82) is 0 Å². The quantitative estimate of drug-likeness (QED) is 0.589. The number of rotatable bonds is 3. The number of nitrogens with zero attached hydrogens (tertiary/aromatic N) is 2. The van der Waals surface area contributed by atoms with Crippen LogP contribution in [0.25, 0.3) is 16.3 Å². The Balaban J connectivity index is 1.25. The minimum atomic E-state index is 0.306. The van der Waals surface area contributed by atoms with Crippen LogP contribution >= 0.6 is 11.6 Å². The van der Waals surface area contributed by atoms with Crippen molar-refractivity contribution in [2.75, 3.05) is 26.2 Å². The number of carbonyl (C=O) groups is 1. The van der Waals surface area contributed by atoms with Crippen LogP contribution in [0.2, 0.25) is 5.02 Å². The standard InChI is InChI=1S/C28H31ClN2O/c29-21-9-11-24-19(16-21)8-10-26-25-7-2-1-6-23(25)20(17-27(24)26)18-28(32)31-14-12-30(13-15-31)22-4-3-5-22/h2,7-11,16,20,22H,1,3-6,12-15,17-18H2. The zero-order valence-electron chi connectivity index (χ0n) is 18.7. The summed E-state index contributed by atoms with van der Waals surface area (Å²) in [6.07, 6.45) is 12.4. The van der Waals surface area contributed by atoms with Crippen LogP contribution in [-0.2, 0) is 11.2 Å². The zero-order chi connectivity index (χ0) is 21.7. The topological polar surface area (TPSA) is 23.6 Å². The van der Waals surface area contributed by atoms with Gasteiger partial charge in [0.15, 0.2) is 0 Å². The van der Waals surface area contributed by atoms with Gasteiger partial charge >= 0.3 is 0 Å². The monoisotopic (exact) mass is 446 g/mol. The van der Waals surface area contributed by atoms with Crippen LogP contribution in [0.4, 0.5) is 0 Å². The first-order chi connectivity index (χ1) is 15.7. The Hall–Kier alpha value is -2.10. The van der Waals surface area contributed by atoms with Gasteiger partial charge in [-0.2, -0.15) is 0 Å². The van der Waals surface area contributed by atoms with E-state index in [-0.39, 0.29) is 0 Å². The Morgan fingerprint density at radius 3 is 2.69 bits per heavy atom. The number of carbonyl (C=O) groups excluding carboxylic acids is 1. The Kier molecular flexibility index (Phi) is 5.35. The lowest BCUT2D eigenvalue weighted by atomic mass is 9.72. The van der Waals surface area contributed by atoms with E-state index in [1.807, 2.05) is 6.07 Å². The van der Waals surface area contributed by atoms with Gasteiger partial charge in [0.2, 0.25) is 5.91 Å². The van der Waals surface area contributed by atoms with Crippen molar-refractivity contribution in [2.24, 2.45) is 5.92 Å². The molecule has 0 aromatic heterocycles. The second kappa shape index (κ2) is 8.35. The van der Waals surface area contributed by atoms with Crippen LogP contribution in [0.5, 0.6) is 0 Å². The molecule has 4 aliphatic rings. The first-order valence-corrected chi connectivity index (χ1v) is 12.7. The van der Waals surface area contributed by atoms with Crippen LogP contribution in [-0.4, -0.2) is 47.9 Å². The number of amides is 1. The predicted octanol–water partition coefficient (Wildman–Crippen LogP) is 5.86. The predicted molar refractivity (Wildman–Crippen MR) is 132 cm³/mol. The van der Waals surface area contributed by atoms with Crippen LogP contribution in [0.3, 0.4) is 0 Å². The number of hydrogen-bond donors (Lipinski definition) is 0. The molecule has 1 unspecified atom stereocenters. The van der Waals surface area contributed by atoms with Crippen molar-refractivity contribution in [1.82, 2.24) is 9.80 Å². The lowest BCUT2D eigenvalue weighted by Crippen LogP contribution is -2.53. The Bertz CT molecular complexity index is 1120. The number of piperazine rings is 1. The molecule has 166 valence electrons. The molecule has 3 nitrogen and oxygen atoms in total. The molecule has 3 aliphatic carbocycles. The SMILES string of the molecule is O=C(CC1Cc2c(ccc3cc(Cl)ccc23)C2=C1CCC=C2)N1CCN(C2CCC2)CC1. The van der Waals surface area contributed by atoms with Crippen molar-refractivity contribution in [3.05, 3.63) is 64.2 Å². The third-order valence-electron chi connectivity index (χ3n) is 8.22. The smallest absolute Gasteiger partial charge is 0.223 e. The molecule has 1 saturated carbocycles. The molecule has 2 aromatic carbocycles. The van der Waals surface area contributed by atoms with Crippen LogP contribution in [0.15, 0.2) is 48.1 Å². The molecule has 6 rings (SSSR count). The van der Waals surface area contributed by atoms with Gasteiger partial charge in [-0.1, -0.05) is 53.9 Å². The van der Waals surface area contributed by atoms with Crippen molar-refractivity contribution in [3.8, 4) is 0 Å². The van der Waals surface area contributed by atoms with Crippen molar-refractivity contribution in [3.63, 3.8) is 0 Å². The maximum atomic E-state index is 13.4. The molecule has 2 aromatic rings. The summed E-state index contributed by atoms with van der Waals surface area (Å²) in [6, 6.07) is 11.4. The second-order valence-corrected chi connectivity index (χ2v) is 10.4. The van der Waals surface area contributed by atoms with Gasteiger partial charge in [0.25, 0.3) is 0 Å². The highest BCUT2D eigenvalue weighted by atomic mass is 35.5. The number of benzene rings is 2. The molecular formula is C28H31ClN2O. The number of fused-ring (bicyclic) bond motifs is 4. The molecule has 1 amide bonds. The Labute approximate surface area is 195 Å². The molecular weight excluding hydrogens is 416 g/mol. The average Bonchev–Trinajstić information content (AvgIpc) is 2.78. The van der Waals surface area contributed by atoms with Crippen LogP contribution in [0.1, 0.15) is 49.7 Å². The summed E-state index contributed by atoms with van der Waals surface area (Å²) in [5.74, 6) is 0.650. The van der Waals surface area contributed by atoms with Gasteiger partial charge in [0.05, 0.1) is 0 Å². The summed E-state index contributed by atoms with van der Waals surface area (Å²) < 4.78 is 0. The molecule has 0 bridgehead atoms. The van der Waals surface area contributed by atoms with Crippen LogP contribution < -0.4 is 0 Å². The van der Waals surface area contributed by atoms with Gasteiger partial charge in [0, 0.05) is 43.7 Å². The normalized spacial score (nSPS) is 23.8. The molecule has 1 atom stereocenters. The van der Waals surface area contributed by atoms with Gasteiger partial charge in [-0.05, 0) is 77.6 Å². The van der Waals surface area contributed by atoms with Crippen molar-refractivity contribution < 1.29 is 4.79 Å². The first-order valence-electron chi connectivity index (χ1n) is 12.3. The lowest BCUT2D eigenvalue weighted by Gasteiger charge is -2.43. The largest absolute Gasteiger partial charge is 0.340 e. The Morgan fingerprint density at radius 1 is 1.06 bits per heavy atom. The number of allylic oxidation sites excluding steroid dienone is 4. The first kappa shape index (κ1) is 20.5. The molecule has 32 heavy (non-hydrogen) atoms. The van der Waals surface area contributed by atoms with E-state index in [4.69, 9.17) is 11.6 Å². The molecule has 0 N–H and O–H groups in total. The maximum absolute atomic E-state index is 13.4. The van der Waals surface area contributed by atoms with E-state index in [0.717, 1.165) is 56.5 Å². The second-order valence-electron chi connectivity index (χ2n) is 9.94.